The molecule has 138 valence electrons. The minimum absolute atomic E-state index is 0.0637. The topological polar surface area (TPSA) is 78.5 Å². The van der Waals surface area contributed by atoms with E-state index in [4.69, 9.17) is 11.6 Å². The molecule has 2 aromatic rings. The molecule has 2 aromatic carbocycles. The molecule has 1 heterocycles. The number of carbonyl (C=O) groups is 1. The zero-order chi connectivity index (χ0) is 18.7. The molecule has 26 heavy (non-hydrogen) atoms. The molecular weight excluding hydrogens is 374 g/mol. The zero-order valence-electron chi connectivity index (χ0n) is 14.3. The van der Waals surface area contributed by atoms with Gasteiger partial charge >= 0.3 is 6.03 Å². The van der Waals surface area contributed by atoms with Gasteiger partial charge in [0.05, 0.1) is 16.3 Å². The van der Waals surface area contributed by atoms with E-state index in [1.165, 1.54) is 12.1 Å². The third kappa shape index (κ3) is 4.11. The average Bonchev–Trinajstić information content (AvgIpc) is 3.13. The molecule has 1 saturated heterocycles. The number of hydrogen-bond acceptors (Lipinski definition) is 3. The van der Waals surface area contributed by atoms with Crippen molar-refractivity contribution in [1.82, 2.24) is 4.90 Å². The summed E-state index contributed by atoms with van der Waals surface area (Å²) in [6.07, 6.45) is 1.96. The standard InChI is InChI=1S/C18H20ClN3O3S/c1-13-8-9-14(12-15(13)19)26(24,25)21-17-7-3-2-6-16(17)20-18(23)22-10-4-5-11-22/h2-3,6-9,12,21H,4-5,10-11H2,1H3,(H,20,23). The molecular formula is C18H20ClN3O3S. The number of sulfonamides is 1. The smallest absolute Gasteiger partial charge is 0.321 e. The fraction of sp³-hybridized carbons (Fsp3) is 0.278. The maximum absolute atomic E-state index is 12.7. The molecule has 6 nitrogen and oxygen atoms in total. The Morgan fingerprint density at radius 3 is 2.38 bits per heavy atom. The normalized spacial score (nSPS) is 14.3. The average molecular weight is 394 g/mol. The van der Waals surface area contributed by atoms with Crippen molar-refractivity contribution >= 4 is 39.0 Å². The lowest BCUT2D eigenvalue weighted by atomic mass is 10.2. The van der Waals surface area contributed by atoms with E-state index < -0.39 is 10.0 Å². The van der Waals surface area contributed by atoms with Crippen LogP contribution in [0.5, 0.6) is 0 Å². The van der Waals surface area contributed by atoms with Gasteiger partial charge in [-0.1, -0.05) is 29.8 Å². The zero-order valence-corrected chi connectivity index (χ0v) is 15.9. The number of urea groups is 1. The number of nitrogens with one attached hydrogen (secondary N) is 2. The third-order valence-electron chi connectivity index (χ3n) is 4.26. The van der Waals surface area contributed by atoms with Crippen molar-refractivity contribution in [3.8, 4) is 0 Å². The van der Waals surface area contributed by atoms with Gasteiger partial charge in [0, 0.05) is 18.1 Å². The SMILES string of the molecule is Cc1ccc(S(=O)(=O)Nc2ccccc2NC(=O)N2CCCC2)cc1Cl. The Morgan fingerprint density at radius 1 is 1.08 bits per heavy atom. The van der Waals surface area contributed by atoms with Gasteiger partial charge in [-0.2, -0.15) is 0 Å². The summed E-state index contributed by atoms with van der Waals surface area (Å²) in [6.45, 7) is 3.22. The Kier molecular flexibility index (Phi) is 5.38. The predicted octanol–water partition coefficient (Wildman–Crippen LogP) is 4.08. The summed E-state index contributed by atoms with van der Waals surface area (Å²) in [7, 11) is -3.83. The maximum atomic E-state index is 12.7. The Morgan fingerprint density at radius 2 is 1.73 bits per heavy atom. The molecule has 3 rings (SSSR count). The second-order valence-corrected chi connectivity index (χ2v) is 8.28. The predicted molar refractivity (Wildman–Crippen MR) is 103 cm³/mol. The molecule has 1 aliphatic rings. The highest BCUT2D eigenvalue weighted by Gasteiger charge is 2.21. The van der Waals surface area contributed by atoms with Crippen LogP contribution in [0, 0.1) is 6.92 Å². The molecule has 0 unspecified atom stereocenters. The Labute approximate surface area is 158 Å². The second-order valence-electron chi connectivity index (χ2n) is 6.19. The first-order valence-electron chi connectivity index (χ1n) is 8.31. The van der Waals surface area contributed by atoms with E-state index in [-0.39, 0.29) is 10.9 Å². The number of aryl methyl sites for hydroxylation is 1. The van der Waals surface area contributed by atoms with Gasteiger partial charge < -0.3 is 10.2 Å². The van der Waals surface area contributed by atoms with Crippen LogP contribution < -0.4 is 10.0 Å². The van der Waals surface area contributed by atoms with Crippen molar-refractivity contribution < 1.29 is 13.2 Å². The first-order chi connectivity index (χ1) is 12.4. The van der Waals surface area contributed by atoms with Gasteiger partial charge in [-0.25, -0.2) is 13.2 Å². The molecule has 2 amide bonds. The maximum Gasteiger partial charge on any atom is 0.321 e. The number of nitrogens with zero attached hydrogens (tertiary/aromatic N) is 1. The minimum Gasteiger partial charge on any atom is -0.325 e. The molecule has 0 aromatic heterocycles. The van der Waals surface area contributed by atoms with E-state index in [9.17, 15) is 13.2 Å². The van der Waals surface area contributed by atoms with Crippen molar-refractivity contribution in [3.05, 3.63) is 53.1 Å². The monoisotopic (exact) mass is 393 g/mol. The van der Waals surface area contributed by atoms with Gasteiger partial charge in [0.2, 0.25) is 0 Å². The molecule has 0 saturated carbocycles. The van der Waals surface area contributed by atoms with Gasteiger partial charge in [-0.05, 0) is 49.6 Å². The van der Waals surface area contributed by atoms with Crippen LogP contribution in [0.4, 0.5) is 16.2 Å². The highest BCUT2D eigenvalue weighted by molar-refractivity contribution is 7.92. The lowest BCUT2D eigenvalue weighted by molar-refractivity contribution is 0.222. The number of carbonyl (C=O) groups excluding carboxylic acids is 1. The molecule has 1 aliphatic heterocycles. The lowest BCUT2D eigenvalue weighted by Crippen LogP contribution is -2.32. The van der Waals surface area contributed by atoms with Crippen LogP contribution in [0.15, 0.2) is 47.4 Å². The Hall–Kier alpha value is -2.25. The summed E-state index contributed by atoms with van der Waals surface area (Å²) >= 11 is 6.04. The van der Waals surface area contributed by atoms with Crippen molar-refractivity contribution in [2.75, 3.05) is 23.1 Å². The first kappa shape index (κ1) is 18.5. The van der Waals surface area contributed by atoms with Crippen molar-refractivity contribution in [1.29, 1.82) is 0 Å². The van der Waals surface area contributed by atoms with E-state index in [0.717, 1.165) is 18.4 Å². The Balaban J connectivity index is 1.83. The highest BCUT2D eigenvalue weighted by Crippen LogP contribution is 2.27. The van der Waals surface area contributed by atoms with E-state index in [1.807, 2.05) is 0 Å². The fourth-order valence-corrected chi connectivity index (χ4v) is 4.09. The third-order valence-corrected chi connectivity index (χ3v) is 6.03. The lowest BCUT2D eigenvalue weighted by Gasteiger charge is -2.18. The van der Waals surface area contributed by atoms with Crippen LogP contribution in [-0.4, -0.2) is 32.4 Å². The van der Waals surface area contributed by atoms with Crippen LogP contribution in [-0.2, 0) is 10.0 Å². The summed E-state index contributed by atoms with van der Waals surface area (Å²) in [5.41, 5.74) is 1.51. The van der Waals surface area contributed by atoms with Crippen molar-refractivity contribution in [2.24, 2.45) is 0 Å². The molecule has 1 fully saturated rings. The van der Waals surface area contributed by atoms with Crippen LogP contribution in [0.3, 0.4) is 0 Å². The van der Waals surface area contributed by atoms with E-state index in [2.05, 4.69) is 10.0 Å². The van der Waals surface area contributed by atoms with Gasteiger partial charge in [0.15, 0.2) is 0 Å². The minimum atomic E-state index is -3.83. The fourth-order valence-electron chi connectivity index (χ4n) is 2.74. The van der Waals surface area contributed by atoms with Gasteiger partial charge in [0.1, 0.15) is 0 Å². The summed E-state index contributed by atoms with van der Waals surface area (Å²) in [6, 6.07) is 11.0. The Bertz CT molecular complexity index is 925. The summed E-state index contributed by atoms with van der Waals surface area (Å²) in [5.74, 6) is 0. The van der Waals surface area contributed by atoms with Crippen molar-refractivity contribution in [3.63, 3.8) is 0 Å². The van der Waals surface area contributed by atoms with Crippen LogP contribution in [0.25, 0.3) is 0 Å². The van der Waals surface area contributed by atoms with Gasteiger partial charge in [-0.3, -0.25) is 4.72 Å². The molecule has 2 N–H and O–H groups in total. The molecule has 0 spiro atoms. The number of hydrogen-bond donors (Lipinski definition) is 2. The summed E-state index contributed by atoms with van der Waals surface area (Å²) in [4.78, 5) is 14.1. The van der Waals surface area contributed by atoms with Crippen LogP contribution >= 0.6 is 11.6 Å². The van der Waals surface area contributed by atoms with E-state index >= 15 is 0 Å². The highest BCUT2D eigenvalue weighted by atomic mass is 35.5. The number of para-hydroxylation sites is 2. The van der Waals surface area contributed by atoms with E-state index in [0.29, 0.717) is 29.5 Å². The summed E-state index contributed by atoms with van der Waals surface area (Å²) < 4.78 is 27.9. The number of likely N-dealkylation sites (tertiary alicyclic amines) is 1. The number of anilines is 2. The molecule has 8 heteroatoms. The van der Waals surface area contributed by atoms with Crippen LogP contribution in [0.2, 0.25) is 5.02 Å². The van der Waals surface area contributed by atoms with Crippen molar-refractivity contribution in [2.45, 2.75) is 24.7 Å². The number of benzene rings is 2. The molecule has 0 atom stereocenters. The quantitative estimate of drug-likeness (QED) is 0.821. The van der Waals surface area contributed by atoms with Gasteiger partial charge in [-0.15, -0.1) is 0 Å². The largest absolute Gasteiger partial charge is 0.325 e. The number of amides is 2. The first-order valence-corrected chi connectivity index (χ1v) is 10.2. The second kappa shape index (κ2) is 7.55. The molecule has 0 radical (unpaired) electrons. The van der Waals surface area contributed by atoms with E-state index in [1.54, 1.807) is 42.2 Å². The molecule has 0 aliphatic carbocycles. The summed E-state index contributed by atoms with van der Waals surface area (Å²) in [5, 5.41) is 3.16. The number of rotatable bonds is 4. The number of halogens is 1. The molecule has 0 bridgehead atoms. The van der Waals surface area contributed by atoms with Crippen LogP contribution in [0.1, 0.15) is 18.4 Å². The van der Waals surface area contributed by atoms with Gasteiger partial charge in [0.25, 0.3) is 10.0 Å².